The number of halogens is 3. The molecule has 1 unspecified atom stereocenters. The summed E-state index contributed by atoms with van der Waals surface area (Å²) >= 11 is 0. The summed E-state index contributed by atoms with van der Waals surface area (Å²) in [7, 11) is -2.73. The molecule has 0 heterocycles. The maximum atomic E-state index is 13.5. The molecule has 10 heteroatoms. The number of sulfonamides is 1. The van der Waals surface area contributed by atoms with Gasteiger partial charge in [-0.2, -0.15) is 17.5 Å². The number of methoxy groups -OCH3 is 1. The van der Waals surface area contributed by atoms with Gasteiger partial charge in [0.15, 0.2) is 6.04 Å². The molecule has 0 aliphatic carbocycles. The first kappa shape index (κ1) is 23.7. The molecule has 1 N–H and O–H groups in total. The smallest absolute Gasteiger partial charge is 0.412 e. The molecule has 0 aromatic heterocycles. The average molecular weight is 444 g/mol. The fourth-order valence-electron chi connectivity index (χ4n) is 2.94. The van der Waals surface area contributed by atoms with Crippen LogP contribution in [-0.2, 0) is 10.0 Å². The second-order valence-electron chi connectivity index (χ2n) is 6.31. The Morgan fingerprint density at radius 2 is 1.70 bits per heavy atom. The van der Waals surface area contributed by atoms with Crippen LogP contribution in [0.4, 0.5) is 13.2 Å². The van der Waals surface area contributed by atoms with Crippen LogP contribution in [0, 0.1) is 0 Å². The van der Waals surface area contributed by atoms with E-state index in [1.807, 2.05) is 5.32 Å². The minimum absolute atomic E-state index is 0.00567. The van der Waals surface area contributed by atoms with Gasteiger partial charge in [0.2, 0.25) is 10.0 Å². The fraction of sp³-hybridized carbons (Fsp3) is 0.350. The Morgan fingerprint density at radius 1 is 1.10 bits per heavy atom. The molecule has 0 radical (unpaired) electrons. The summed E-state index contributed by atoms with van der Waals surface area (Å²) in [5.41, 5.74) is -0.366. The zero-order chi connectivity index (χ0) is 22.5. The topological polar surface area (TPSA) is 75.7 Å². The van der Waals surface area contributed by atoms with E-state index in [-0.39, 0.29) is 34.9 Å². The zero-order valence-corrected chi connectivity index (χ0v) is 17.5. The van der Waals surface area contributed by atoms with Gasteiger partial charge in [0.1, 0.15) is 10.6 Å². The molecule has 164 valence electrons. The van der Waals surface area contributed by atoms with Crippen LogP contribution in [0.3, 0.4) is 0 Å². The van der Waals surface area contributed by atoms with Crippen LogP contribution in [0.5, 0.6) is 5.75 Å². The molecule has 0 aliphatic rings. The zero-order valence-electron chi connectivity index (χ0n) is 16.7. The highest BCUT2D eigenvalue weighted by molar-refractivity contribution is 7.89. The lowest BCUT2D eigenvalue weighted by atomic mass is 10.1. The Balaban J connectivity index is 2.45. The number of nitrogens with zero attached hydrogens (tertiary/aromatic N) is 1. The number of nitrogens with one attached hydrogen (secondary N) is 1. The van der Waals surface area contributed by atoms with Crippen LogP contribution in [0.25, 0.3) is 0 Å². The lowest BCUT2D eigenvalue weighted by Crippen LogP contribution is -2.38. The van der Waals surface area contributed by atoms with Crippen molar-refractivity contribution in [2.24, 2.45) is 0 Å². The van der Waals surface area contributed by atoms with Gasteiger partial charge < -0.3 is 10.1 Å². The number of carbonyl (C=O) groups excluding carboxylic acids is 1. The minimum atomic E-state index is -4.74. The maximum Gasteiger partial charge on any atom is 0.412 e. The quantitative estimate of drug-likeness (QED) is 0.673. The second kappa shape index (κ2) is 9.48. The predicted molar refractivity (Wildman–Crippen MR) is 106 cm³/mol. The number of benzene rings is 2. The van der Waals surface area contributed by atoms with Crippen LogP contribution in [0.2, 0.25) is 0 Å². The van der Waals surface area contributed by atoms with Crippen molar-refractivity contribution in [3.8, 4) is 5.75 Å². The Labute approximate surface area is 173 Å². The fourth-order valence-corrected chi connectivity index (χ4v) is 4.58. The molecule has 0 spiro atoms. The molecule has 1 atom stereocenters. The number of ether oxygens (including phenoxy) is 1. The molecule has 0 saturated carbocycles. The van der Waals surface area contributed by atoms with Crippen molar-refractivity contribution < 1.29 is 31.1 Å². The number of alkyl halides is 3. The SMILES string of the molecule is CCN(CC)S(=O)(=O)c1cc(C(=O)NC(c2ccccc2)C(F)(F)F)ccc1OC. The molecule has 30 heavy (non-hydrogen) atoms. The number of rotatable bonds is 8. The van der Waals surface area contributed by atoms with Crippen molar-refractivity contribution in [3.63, 3.8) is 0 Å². The molecule has 0 saturated heterocycles. The highest BCUT2D eigenvalue weighted by Gasteiger charge is 2.42. The maximum absolute atomic E-state index is 13.5. The highest BCUT2D eigenvalue weighted by atomic mass is 32.2. The number of hydrogen-bond donors (Lipinski definition) is 1. The van der Waals surface area contributed by atoms with Gasteiger partial charge in [0.05, 0.1) is 7.11 Å². The summed E-state index contributed by atoms with van der Waals surface area (Å²) in [4.78, 5) is 12.3. The van der Waals surface area contributed by atoms with Crippen LogP contribution in [-0.4, -0.2) is 45.0 Å². The van der Waals surface area contributed by atoms with Crippen molar-refractivity contribution in [2.75, 3.05) is 20.2 Å². The lowest BCUT2D eigenvalue weighted by molar-refractivity contribution is -0.155. The number of hydrogen-bond acceptors (Lipinski definition) is 4. The van der Waals surface area contributed by atoms with E-state index < -0.39 is 28.1 Å². The molecule has 2 rings (SSSR count). The molecule has 6 nitrogen and oxygen atoms in total. The van der Waals surface area contributed by atoms with E-state index in [0.717, 1.165) is 10.4 Å². The number of amides is 1. The predicted octanol–water partition coefficient (Wildman–Crippen LogP) is 3.76. The van der Waals surface area contributed by atoms with Crippen LogP contribution in [0.15, 0.2) is 53.4 Å². The Bertz CT molecular complexity index is 975. The molecule has 2 aromatic carbocycles. The second-order valence-corrected chi connectivity index (χ2v) is 8.22. The molecule has 0 fully saturated rings. The third-order valence-corrected chi connectivity index (χ3v) is 6.56. The van der Waals surface area contributed by atoms with Crippen molar-refractivity contribution in [2.45, 2.75) is 31.0 Å². The van der Waals surface area contributed by atoms with Gasteiger partial charge in [-0.3, -0.25) is 4.79 Å². The Hall–Kier alpha value is -2.59. The summed E-state index contributed by atoms with van der Waals surface area (Å²) in [6, 6.07) is 8.18. The van der Waals surface area contributed by atoms with E-state index >= 15 is 0 Å². The summed E-state index contributed by atoms with van der Waals surface area (Å²) in [6.07, 6.45) is -4.74. The lowest BCUT2D eigenvalue weighted by Gasteiger charge is -2.23. The summed E-state index contributed by atoms with van der Waals surface area (Å²) < 4.78 is 72.6. The Kier molecular flexibility index (Phi) is 7.49. The third-order valence-electron chi connectivity index (χ3n) is 4.48. The van der Waals surface area contributed by atoms with Crippen LogP contribution < -0.4 is 10.1 Å². The summed E-state index contributed by atoms with van der Waals surface area (Å²) in [6.45, 7) is 3.67. The summed E-state index contributed by atoms with van der Waals surface area (Å²) in [5, 5.41) is 1.95. The monoisotopic (exact) mass is 444 g/mol. The standard InChI is InChI=1S/C20H23F3N2O4S/c1-4-25(5-2)30(27,28)17-13-15(11-12-16(17)29-3)19(26)24-18(20(21,22)23)14-9-7-6-8-10-14/h6-13,18H,4-5H2,1-3H3,(H,24,26). The van der Waals surface area contributed by atoms with Crippen molar-refractivity contribution >= 4 is 15.9 Å². The van der Waals surface area contributed by atoms with Gasteiger partial charge in [-0.15, -0.1) is 0 Å². The third kappa shape index (κ3) is 5.11. The van der Waals surface area contributed by atoms with Crippen LogP contribution >= 0.6 is 0 Å². The molecule has 0 aliphatic heterocycles. The number of carbonyl (C=O) groups is 1. The molecule has 1 amide bonds. The molecular weight excluding hydrogens is 421 g/mol. The van der Waals surface area contributed by atoms with Crippen molar-refractivity contribution in [3.05, 3.63) is 59.7 Å². The van der Waals surface area contributed by atoms with Crippen molar-refractivity contribution in [1.29, 1.82) is 0 Å². The average Bonchev–Trinajstić information content (AvgIpc) is 2.71. The van der Waals surface area contributed by atoms with E-state index in [1.54, 1.807) is 19.9 Å². The van der Waals surface area contributed by atoms with E-state index in [1.165, 1.54) is 43.5 Å². The first-order valence-corrected chi connectivity index (χ1v) is 10.6. The van der Waals surface area contributed by atoms with Gasteiger partial charge in [0.25, 0.3) is 5.91 Å². The largest absolute Gasteiger partial charge is 0.495 e. The molecule has 0 bridgehead atoms. The van der Waals surface area contributed by atoms with Gasteiger partial charge in [-0.1, -0.05) is 44.2 Å². The summed E-state index contributed by atoms with van der Waals surface area (Å²) in [5.74, 6) is -1.06. The minimum Gasteiger partial charge on any atom is -0.495 e. The normalized spacial score (nSPS) is 13.2. The Morgan fingerprint density at radius 3 is 2.20 bits per heavy atom. The van der Waals surface area contributed by atoms with Crippen LogP contribution in [0.1, 0.15) is 35.8 Å². The van der Waals surface area contributed by atoms with Gasteiger partial charge in [-0.25, -0.2) is 8.42 Å². The molecular formula is C20H23F3N2O4S. The molecule has 2 aromatic rings. The van der Waals surface area contributed by atoms with Gasteiger partial charge in [0, 0.05) is 18.7 Å². The van der Waals surface area contributed by atoms with E-state index in [2.05, 4.69) is 0 Å². The van der Waals surface area contributed by atoms with E-state index in [9.17, 15) is 26.4 Å². The van der Waals surface area contributed by atoms with Gasteiger partial charge in [-0.05, 0) is 23.8 Å². The first-order chi connectivity index (χ1) is 14.1. The van der Waals surface area contributed by atoms with E-state index in [4.69, 9.17) is 4.74 Å². The highest BCUT2D eigenvalue weighted by Crippen LogP contribution is 2.33. The first-order valence-electron chi connectivity index (χ1n) is 9.16. The van der Waals surface area contributed by atoms with E-state index in [0.29, 0.717) is 0 Å². The van der Waals surface area contributed by atoms with Crippen molar-refractivity contribution in [1.82, 2.24) is 9.62 Å². The van der Waals surface area contributed by atoms with Gasteiger partial charge >= 0.3 is 6.18 Å².